The number of hydrogen-bond acceptors (Lipinski definition) is 6. The average molecular weight is 284 g/mol. The molecule has 1 aromatic heterocycles. The van der Waals surface area contributed by atoms with Crippen molar-refractivity contribution >= 4 is 22.7 Å². The minimum absolute atomic E-state index is 0.138. The molecular weight excluding hydrogens is 276 g/mol. The summed E-state index contributed by atoms with van der Waals surface area (Å²) >= 11 is 1.33. The summed E-state index contributed by atoms with van der Waals surface area (Å²) < 4.78 is 0. The van der Waals surface area contributed by atoms with Crippen LogP contribution in [0.2, 0.25) is 0 Å². The van der Waals surface area contributed by atoms with Crippen LogP contribution in [-0.4, -0.2) is 4.92 Å². The summed E-state index contributed by atoms with van der Waals surface area (Å²) in [5.74, 6) is 0. The molecule has 0 radical (unpaired) electrons. The Morgan fingerprint density at radius 1 is 1.25 bits per heavy atom. The van der Waals surface area contributed by atoms with E-state index in [-0.39, 0.29) is 11.3 Å². The number of nitro groups is 1. The second-order valence-electron chi connectivity index (χ2n) is 3.83. The molecule has 0 saturated carbocycles. The van der Waals surface area contributed by atoms with E-state index < -0.39 is 4.92 Å². The summed E-state index contributed by atoms with van der Waals surface area (Å²) in [6, 6.07) is 11.7. The van der Waals surface area contributed by atoms with Crippen LogP contribution in [0.1, 0.15) is 15.3 Å². The van der Waals surface area contributed by atoms with Gasteiger partial charge in [-0.25, -0.2) is 0 Å². The van der Waals surface area contributed by atoms with Crippen LogP contribution in [0.15, 0.2) is 30.3 Å². The number of rotatable bonds is 4. The van der Waals surface area contributed by atoms with Gasteiger partial charge in [0.2, 0.25) is 0 Å². The van der Waals surface area contributed by atoms with Gasteiger partial charge in [0.25, 0.3) is 5.69 Å². The largest absolute Gasteiger partial charge is 0.375 e. The molecular formula is C13H8N4O2S. The third-order valence-corrected chi connectivity index (χ3v) is 3.54. The lowest BCUT2D eigenvalue weighted by Crippen LogP contribution is -2.01. The Hall–Kier alpha value is -2.90. The van der Waals surface area contributed by atoms with Crippen LogP contribution in [0.5, 0.6) is 0 Å². The highest BCUT2D eigenvalue weighted by molar-refractivity contribution is 7.12. The van der Waals surface area contributed by atoms with Crippen molar-refractivity contribution in [3.63, 3.8) is 0 Å². The van der Waals surface area contributed by atoms with Gasteiger partial charge >= 0.3 is 0 Å². The molecule has 20 heavy (non-hydrogen) atoms. The lowest BCUT2D eigenvalue weighted by Gasteiger charge is -2.05. The van der Waals surface area contributed by atoms with Crippen LogP contribution in [0.4, 0.5) is 11.4 Å². The number of nitrogens with one attached hydrogen (secondary N) is 1. The molecule has 0 saturated heterocycles. The van der Waals surface area contributed by atoms with Crippen molar-refractivity contribution in [3.8, 4) is 12.1 Å². The highest BCUT2D eigenvalue weighted by Gasteiger charge is 2.14. The molecule has 7 heteroatoms. The van der Waals surface area contributed by atoms with Gasteiger partial charge in [-0.15, -0.1) is 11.3 Å². The summed E-state index contributed by atoms with van der Waals surface area (Å²) in [6.07, 6.45) is 0. The predicted molar refractivity (Wildman–Crippen MR) is 74.2 cm³/mol. The first-order valence-electron chi connectivity index (χ1n) is 5.55. The maximum Gasteiger partial charge on any atom is 0.293 e. The minimum atomic E-state index is -0.529. The van der Waals surface area contributed by atoms with E-state index in [0.29, 0.717) is 17.1 Å². The van der Waals surface area contributed by atoms with E-state index in [1.165, 1.54) is 29.5 Å². The van der Waals surface area contributed by atoms with Gasteiger partial charge in [0.15, 0.2) is 0 Å². The molecule has 6 nitrogen and oxygen atoms in total. The lowest BCUT2D eigenvalue weighted by molar-refractivity contribution is -0.384. The highest BCUT2D eigenvalue weighted by atomic mass is 32.1. The van der Waals surface area contributed by atoms with Crippen LogP contribution >= 0.6 is 11.3 Å². The van der Waals surface area contributed by atoms with Gasteiger partial charge < -0.3 is 5.32 Å². The van der Waals surface area contributed by atoms with Crippen molar-refractivity contribution in [3.05, 3.63) is 55.8 Å². The number of hydrogen-bond donors (Lipinski definition) is 1. The molecule has 0 bridgehead atoms. The van der Waals surface area contributed by atoms with E-state index in [0.717, 1.165) is 4.88 Å². The van der Waals surface area contributed by atoms with Crippen LogP contribution in [0.25, 0.3) is 0 Å². The molecule has 1 aromatic carbocycles. The number of nitriles is 2. The predicted octanol–water partition coefficient (Wildman–Crippen LogP) is 3.01. The number of anilines is 1. The Balaban J connectivity index is 2.19. The van der Waals surface area contributed by atoms with Gasteiger partial charge in [-0.05, 0) is 24.3 Å². The smallest absolute Gasteiger partial charge is 0.293 e. The minimum Gasteiger partial charge on any atom is -0.375 e. The maximum atomic E-state index is 11.0. The van der Waals surface area contributed by atoms with Crippen molar-refractivity contribution in [2.45, 2.75) is 6.54 Å². The number of nitrogens with zero attached hydrogens (tertiary/aromatic N) is 3. The first-order chi connectivity index (χ1) is 9.63. The van der Waals surface area contributed by atoms with Gasteiger partial charge in [0, 0.05) is 17.5 Å². The zero-order valence-corrected chi connectivity index (χ0v) is 11.0. The normalized spacial score (nSPS) is 9.50. The molecule has 0 amide bonds. The second-order valence-corrected chi connectivity index (χ2v) is 5.00. The summed E-state index contributed by atoms with van der Waals surface area (Å²) in [4.78, 5) is 11.9. The van der Waals surface area contributed by atoms with Gasteiger partial charge in [-0.1, -0.05) is 0 Å². The Kier molecular flexibility index (Phi) is 3.94. The lowest BCUT2D eigenvalue weighted by atomic mass is 10.2. The Morgan fingerprint density at radius 3 is 2.65 bits per heavy atom. The van der Waals surface area contributed by atoms with E-state index >= 15 is 0 Å². The van der Waals surface area contributed by atoms with E-state index in [4.69, 9.17) is 10.5 Å². The zero-order chi connectivity index (χ0) is 14.5. The molecule has 1 heterocycles. The molecule has 98 valence electrons. The standard InChI is InChI=1S/C13H8N4O2S/c14-6-9-1-4-12(13(5-9)17(18)19)16-8-11-3-2-10(7-15)20-11/h1-5,16H,8H2. The third kappa shape index (κ3) is 2.91. The fourth-order valence-corrected chi connectivity index (χ4v) is 2.36. The van der Waals surface area contributed by atoms with Crippen LogP contribution in [0, 0.1) is 32.8 Å². The van der Waals surface area contributed by atoms with E-state index in [2.05, 4.69) is 5.32 Å². The van der Waals surface area contributed by atoms with Gasteiger partial charge in [-0.2, -0.15) is 10.5 Å². The molecule has 0 atom stereocenters. The van der Waals surface area contributed by atoms with E-state index in [1.54, 1.807) is 12.1 Å². The molecule has 2 aromatic rings. The SMILES string of the molecule is N#Cc1ccc(NCc2ccc(C#N)s2)c([N+](=O)[O-])c1. The molecule has 0 aliphatic rings. The molecule has 0 unspecified atom stereocenters. The fraction of sp³-hybridized carbons (Fsp3) is 0.0769. The first-order valence-corrected chi connectivity index (χ1v) is 6.37. The molecule has 0 aliphatic heterocycles. The van der Waals surface area contributed by atoms with E-state index in [1.807, 2.05) is 12.1 Å². The number of benzene rings is 1. The van der Waals surface area contributed by atoms with Crippen molar-refractivity contribution in [2.24, 2.45) is 0 Å². The second kappa shape index (κ2) is 5.83. The molecule has 1 N–H and O–H groups in total. The molecule has 0 spiro atoms. The van der Waals surface area contributed by atoms with Crippen molar-refractivity contribution in [1.29, 1.82) is 10.5 Å². The third-order valence-electron chi connectivity index (χ3n) is 2.55. The zero-order valence-electron chi connectivity index (χ0n) is 10.2. The number of nitro benzene ring substituents is 1. The summed E-state index contributed by atoms with van der Waals surface area (Å²) in [5, 5.41) is 31.4. The highest BCUT2D eigenvalue weighted by Crippen LogP contribution is 2.26. The van der Waals surface area contributed by atoms with Gasteiger partial charge in [-0.3, -0.25) is 10.1 Å². The monoisotopic (exact) mass is 284 g/mol. The Labute approximate surface area is 118 Å². The van der Waals surface area contributed by atoms with Crippen molar-refractivity contribution < 1.29 is 4.92 Å². The van der Waals surface area contributed by atoms with Crippen LogP contribution in [0.3, 0.4) is 0 Å². The van der Waals surface area contributed by atoms with Crippen molar-refractivity contribution in [2.75, 3.05) is 5.32 Å². The Morgan fingerprint density at radius 2 is 2.05 bits per heavy atom. The summed E-state index contributed by atoms with van der Waals surface area (Å²) in [5.41, 5.74) is 0.451. The maximum absolute atomic E-state index is 11.0. The fourth-order valence-electron chi connectivity index (χ4n) is 1.62. The van der Waals surface area contributed by atoms with E-state index in [9.17, 15) is 10.1 Å². The number of thiophene rings is 1. The van der Waals surface area contributed by atoms with Gasteiger partial charge in [0.05, 0.1) is 16.6 Å². The molecule has 0 fully saturated rings. The molecule has 2 rings (SSSR count). The van der Waals surface area contributed by atoms with Crippen molar-refractivity contribution in [1.82, 2.24) is 0 Å². The quantitative estimate of drug-likeness (QED) is 0.686. The van der Waals surface area contributed by atoms with Crippen LogP contribution in [-0.2, 0) is 6.54 Å². The average Bonchev–Trinajstić information content (AvgIpc) is 2.92. The first kappa shape index (κ1) is 13.5. The topological polar surface area (TPSA) is 103 Å². The summed E-state index contributed by atoms with van der Waals surface area (Å²) in [6.45, 7) is 0.388. The summed E-state index contributed by atoms with van der Waals surface area (Å²) in [7, 11) is 0. The van der Waals surface area contributed by atoms with Gasteiger partial charge in [0.1, 0.15) is 16.6 Å². The van der Waals surface area contributed by atoms with Crippen LogP contribution < -0.4 is 5.32 Å². The Bertz CT molecular complexity index is 740. The molecule has 0 aliphatic carbocycles.